The fraction of sp³-hybridized carbons (Fsp3) is 0.647. The van der Waals surface area contributed by atoms with Crippen molar-refractivity contribution in [1.82, 2.24) is 5.32 Å². The maximum atomic E-state index is 14.0. The molecule has 2 unspecified atom stereocenters. The molecule has 2 fully saturated rings. The van der Waals surface area contributed by atoms with Crippen LogP contribution >= 0.6 is 0 Å². The SMILES string of the molecule is CCC1CNC(C)(C2CC2)CN1c1ccc(OC)c(F)c1. The molecule has 116 valence electrons. The van der Waals surface area contributed by atoms with Gasteiger partial charge >= 0.3 is 0 Å². The van der Waals surface area contributed by atoms with Crippen LogP contribution in [0.15, 0.2) is 18.2 Å². The number of hydrogen-bond donors (Lipinski definition) is 1. The van der Waals surface area contributed by atoms with Gasteiger partial charge in [-0.3, -0.25) is 0 Å². The number of benzene rings is 1. The Balaban J connectivity index is 1.87. The maximum absolute atomic E-state index is 14.0. The summed E-state index contributed by atoms with van der Waals surface area (Å²) in [6, 6.07) is 5.74. The molecule has 4 heteroatoms. The number of rotatable bonds is 4. The number of methoxy groups -OCH3 is 1. The lowest BCUT2D eigenvalue weighted by Crippen LogP contribution is -2.64. The average molecular weight is 292 g/mol. The molecule has 2 atom stereocenters. The van der Waals surface area contributed by atoms with Crippen molar-refractivity contribution in [2.75, 3.05) is 25.1 Å². The van der Waals surface area contributed by atoms with Gasteiger partial charge in [0.15, 0.2) is 11.6 Å². The van der Waals surface area contributed by atoms with Gasteiger partial charge in [-0.2, -0.15) is 0 Å². The van der Waals surface area contributed by atoms with E-state index in [9.17, 15) is 4.39 Å². The van der Waals surface area contributed by atoms with E-state index in [2.05, 4.69) is 24.1 Å². The molecule has 1 aliphatic carbocycles. The number of ether oxygens (including phenoxy) is 1. The normalized spacial score (nSPS) is 29.5. The Hall–Kier alpha value is -1.29. The lowest BCUT2D eigenvalue weighted by Gasteiger charge is -2.47. The molecule has 1 saturated heterocycles. The van der Waals surface area contributed by atoms with Crippen LogP contribution in [0.3, 0.4) is 0 Å². The second-order valence-electron chi connectivity index (χ2n) is 6.58. The van der Waals surface area contributed by atoms with Crippen molar-refractivity contribution >= 4 is 5.69 Å². The van der Waals surface area contributed by atoms with Gasteiger partial charge in [-0.1, -0.05) is 6.92 Å². The smallest absolute Gasteiger partial charge is 0.167 e. The van der Waals surface area contributed by atoms with Gasteiger partial charge in [0.2, 0.25) is 0 Å². The summed E-state index contributed by atoms with van der Waals surface area (Å²) in [7, 11) is 1.50. The quantitative estimate of drug-likeness (QED) is 0.922. The predicted molar refractivity (Wildman–Crippen MR) is 83.5 cm³/mol. The summed E-state index contributed by atoms with van der Waals surface area (Å²) in [5.74, 6) is 0.796. The van der Waals surface area contributed by atoms with Crippen molar-refractivity contribution in [2.45, 2.75) is 44.7 Å². The first-order chi connectivity index (χ1) is 10.1. The van der Waals surface area contributed by atoms with Crippen molar-refractivity contribution in [2.24, 2.45) is 5.92 Å². The van der Waals surface area contributed by atoms with Crippen LogP contribution < -0.4 is 15.0 Å². The molecule has 3 nitrogen and oxygen atoms in total. The zero-order valence-electron chi connectivity index (χ0n) is 13.2. The highest BCUT2D eigenvalue weighted by Gasteiger charge is 2.45. The largest absolute Gasteiger partial charge is 0.494 e. The number of hydrogen-bond acceptors (Lipinski definition) is 3. The van der Waals surface area contributed by atoms with Crippen molar-refractivity contribution in [3.8, 4) is 5.75 Å². The summed E-state index contributed by atoms with van der Waals surface area (Å²) < 4.78 is 19.1. The van der Waals surface area contributed by atoms with Crippen molar-refractivity contribution in [3.05, 3.63) is 24.0 Å². The number of nitrogens with one attached hydrogen (secondary N) is 1. The van der Waals surface area contributed by atoms with Gasteiger partial charge in [0.05, 0.1) is 7.11 Å². The second-order valence-corrected chi connectivity index (χ2v) is 6.58. The molecule has 2 aliphatic rings. The van der Waals surface area contributed by atoms with Gasteiger partial charge in [0.25, 0.3) is 0 Å². The van der Waals surface area contributed by atoms with E-state index < -0.39 is 0 Å². The van der Waals surface area contributed by atoms with Gasteiger partial charge < -0.3 is 15.0 Å². The van der Waals surface area contributed by atoms with E-state index in [1.165, 1.54) is 20.0 Å². The molecule has 1 aromatic rings. The molecule has 3 rings (SSSR count). The summed E-state index contributed by atoms with van der Waals surface area (Å²) in [6.45, 7) is 6.42. The standard InChI is InChI=1S/C17H25FN2O/c1-4-13-10-19-17(2,12-5-6-12)11-20(13)14-7-8-16(21-3)15(18)9-14/h7-9,12-13,19H,4-6,10-11H2,1-3H3. The predicted octanol–water partition coefficient (Wildman–Crippen LogP) is 3.19. The minimum Gasteiger partial charge on any atom is -0.494 e. The highest BCUT2D eigenvalue weighted by atomic mass is 19.1. The van der Waals surface area contributed by atoms with Crippen LogP contribution in [0.2, 0.25) is 0 Å². The molecular weight excluding hydrogens is 267 g/mol. The minimum absolute atomic E-state index is 0.155. The van der Waals surface area contributed by atoms with E-state index in [0.717, 1.165) is 31.1 Å². The Bertz CT molecular complexity index is 518. The van der Waals surface area contributed by atoms with E-state index in [1.807, 2.05) is 6.07 Å². The average Bonchev–Trinajstić information content (AvgIpc) is 3.32. The summed E-state index contributed by atoms with van der Waals surface area (Å²) in [6.07, 6.45) is 3.68. The van der Waals surface area contributed by atoms with Gasteiger partial charge in [0.1, 0.15) is 0 Å². The molecule has 1 saturated carbocycles. The van der Waals surface area contributed by atoms with Crippen molar-refractivity contribution < 1.29 is 9.13 Å². The molecule has 0 bridgehead atoms. The Labute approximate surface area is 126 Å². The Morgan fingerprint density at radius 3 is 2.76 bits per heavy atom. The lowest BCUT2D eigenvalue weighted by molar-refractivity contribution is 0.252. The number of nitrogens with zero attached hydrogens (tertiary/aromatic N) is 1. The first kappa shape index (κ1) is 14.6. The first-order valence-corrected chi connectivity index (χ1v) is 7.92. The molecule has 1 aromatic carbocycles. The zero-order valence-corrected chi connectivity index (χ0v) is 13.2. The Morgan fingerprint density at radius 1 is 1.43 bits per heavy atom. The molecule has 0 aromatic heterocycles. The summed E-state index contributed by atoms with van der Waals surface area (Å²) in [5, 5.41) is 3.74. The van der Waals surface area contributed by atoms with E-state index in [4.69, 9.17) is 4.74 Å². The monoisotopic (exact) mass is 292 g/mol. The van der Waals surface area contributed by atoms with Crippen LogP contribution in [-0.2, 0) is 0 Å². The van der Waals surface area contributed by atoms with Crippen LogP contribution in [0.4, 0.5) is 10.1 Å². The zero-order chi connectivity index (χ0) is 15.0. The van der Waals surface area contributed by atoms with Gasteiger partial charge in [0, 0.05) is 36.4 Å². The lowest BCUT2D eigenvalue weighted by atomic mass is 9.90. The van der Waals surface area contributed by atoms with Crippen molar-refractivity contribution in [3.63, 3.8) is 0 Å². The highest BCUT2D eigenvalue weighted by Crippen LogP contribution is 2.42. The van der Waals surface area contributed by atoms with Crippen LogP contribution in [-0.4, -0.2) is 31.8 Å². The van der Waals surface area contributed by atoms with Crippen LogP contribution in [0.5, 0.6) is 5.75 Å². The highest BCUT2D eigenvalue weighted by molar-refractivity contribution is 5.52. The van der Waals surface area contributed by atoms with E-state index in [0.29, 0.717) is 11.8 Å². The van der Waals surface area contributed by atoms with Crippen LogP contribution in [0.25, 0.3) is 0 Å². The van der Waals surface area contributed by atoms with Gasteiger partial charge in [-0.15, -0.1) is 0 Å². The number of piperazine rings is 1. The maximum Gasteiger partial charge on any atom is 0.167 e. The summed E-state index contributed by atoms with van der Waals surface area (Å²) in [5.41, 5.74) is 1.12. The number of anilines is 1. The number of halogens is 1. The molecule has 1 aliphatic heterocycles. The summed E-state index contributed by atoms with van der Waals surface area (Å²) >= 11 is 0. The topological polar surface area (TPSA) is 24.5 Å². The van der Waals surface area contributed by atoms with Gasteiger partial charge in [-0.25, -0.2) is 4.39 Å². The Morgan fingerprint density at radius 2 is 2.19 bits per heavy atom. The van der Waals surface area contributed by atoms with E-state index in [-0.39, 0.29) is 11.4 Å². The third-order valence-electron chi connectivity index (χ3n) is 5.10. The molecule has 0 radical (unpaired) electrons. The third-order valence-corrected chi connectivity index (χ3v) is 5.10. The van der Waals surface area contributed by atoms with Crippen LogP contribution in [0.1, 0.15) is 33.1 Å². The molecule has 0 spiro atoms. The molecule has 1 heterocycles. The second kappa shape index (κ2) is 5.48. The fourth-order valence-electron chi connectivity index (χ4n) is 3.49. The summed E-state index contributed by atoms with van der Waals surface area (Å²) in [4.78, 5) is 2.37. The van der Waals surface area contributed by atoms with Crippen molar-refractivity contribution in [1.29, 1.82) is 0 Å². The van der Waals surface area contributed by atoms with Gasteiger partial charge in [-0.05, 0) is 44.2 Å². The fourth-order valence-corrected chi connectivity index (χ4v) is 3.49. The third kappa shape index (κ3) is 2.73. The molecule has 1 N–H and O–H groups in total. The molecule has 21 heavy (non-hydrogen) atoms. The van der Waals surface area contributed by atoms with E-state index in [1.54, 1.807) is 12.1 Å². The molecular formula is C17H25FN2O. The van der Waals surface area contributed by atoms with Crippen LogP contribution in [0, 0.1) is 11.7 Å². The first-order valence-electron chi connectivity index (χ1n) is 7.92. The molecule has 0 amide bonds. The minimum atomic E-state index is -0.281. The Kier molecular flexibility index (Phi) is 3.82. The van der Waals surface area contributed by atoms with E-state index >= 15 is 0 Å².